The average molecular weight is 401 g/mol. The molecule has 0 spiro atoms. The summed E-state index contributed by atoms with van der Waals surface area (Å²) in [5.74, 6) is 0.0687. The molecule has 0 saturated carbocycles. The van der Waals surface area contributed by atoms with Crippen LogP contribution >= 0.6 is 11.3 Å². The smallest absolute Gasteiger partial charge is 0.348 e. The minimum Gasteiger partial charge on any atom is -0.485 e. The summed E-state index contributed by atoms with van der Waals surface area (Å²) in [6.45, 7) is 4.19. The first-order chi connectivity index (χ1) is 13.5. The van der Waals surface area contributed by atoms with Gasteiger partial charge in [0.05, 0.1) is 12.0 Å². The number of benzene rings is 1. The lowest BCUT2D eigenvalue weighted by atomic mass is 10.1. The van der Waals surface area contributed by atoms with Crippen LogP contribution in [0.5, 0.6) is 5.75 Å². The third-order valence-corrected chi connectivity index (χ3v) is 5.51. The van der Waals surface area contributed by atoms with Gasteiger partial charge in [-0.2, -0.15) is 0 Å². The zero-order chi connectivity index (χ0) is 20.4. The summed E-state index contributed by atoms with van der Waals surface area (Å²) in [7, 11) is 1.32. The van der Waals surface area contributed by atoms with E-state index in [9.17, 15) is 9.59 Å². The summed E-state index contributed by atoms with van der Waals surface area (Å²) in [6.07, 6.45) is 10.5. The molecule has 0 unspecified atom stereocenters. The van der Waals surface area contributed by atoms with Gasteiger partial charge in [-0.05, 0) is 55.2 Å². The number of allylic oxidation sites excluding steroid dienone is 1. The molecule has 1 heterocycles. The lowest BCUT2D eigenvalue weighted by Gasteiger charge is -2.07. The molecule has 0 bridgehead atoms. The van der Waals surface area contributed by atoms with Gasteiger partial charge in [-0.25, -0.2) is 4.79 Å². The summed E-state index contributed by atoms with van der Waals surface area (Å²) in [6, 6.07) is 9.06. The first-order valence-electron chi connectivity index (χ1n) is 9.66. The summed E-state index contributed by atoms with van der Waals surface area (Å²) < 4.78 is 10.3. The number of ether oxygens (including phenoxy) is 2. The van der Waals surface area contributed by atoms with E-state index >= 15 is 0 Å². The summed E-state index contributed by atoms with van der Waals surface area (Å²) >= 11 is 1.12. The highest BCUT2D eigenvalue weighted by atomic mass is 32.1. The molecule has 0 N–H and O–H groups in total. The molecule has 4 nitrogen and oxygen atoms in total. The molecule has 0 atom stereocenters. The molecule has 2 rings (SSSR count). The molecule has 0 aliphatic heterocycles. The number of unbranched alkanes of at least 4 members (excludes halogenated alkanes) is 4. The highest BCUT2D eigenvalue weighted by Gasteiger charge is 2.14. The number of Topliss-reactive ketones (excluding diaryl/α,β-unsaturated/α-hetero) is 1. The van der Waals surface area contributed by atoms with Crippen molar-refractivity contribution in [2.24, 2.45) is 0 Å². The van der Waals surface area contributed by atoms with Gasteiger partial charge in [-0.15, -0.1) is 11.3 Å². The van der Waals surface area contributed by atoms with Gasteiger partial charge in [0, 0.05) is 0 Å². The number of hydrogen-bond acceptors (Lipinski definition) is 5. The van der Waals surface area contributed by atoms with Crippen molar-refractivity contribution in [2.75, 3.05) is 13.7 Å². The van der Waals surface area contributed by atoms with Crippen molar-refractivity contribution in [1.82, 2.24) is 0 Å². The molecule has 1 aromatic carbocycles. The minimum absolute atomic E-state index is 0.0623. The zero-order valence-electron chi connectivity index (χ0n) is 16.8. The number of hydrogen-bond donors (Lipinski definition) is 0. The quantitative estimate of drug-likeness (QED) is 0.260. The predicted molar refractivity (Wildman–Crippen MR) is 114 cm³/mol. The molecule has 150 valence electrons. The van der Waals surface area contributed by atoms with Crippen LogP contribution in [0.2, 0.25) is 0 Å². The Morgan fingerprint density at radius 2 is 1.86 bits per heavy atom. The number of ketones is 1. The topological polar surface area (TPSA) is 52.6 Å². The fraction of sp³-hybridized carbons (Fsp3) is 0.391. The number of methoxy groups -OCH3 is 1. The van der Waals surface area contributed by atoms with E-state index in [4.69, 9.17) is 4.74 Å². The second kappa shape index (κ2) is 11.4. The molecule has 0 fully saturated rings. The summed E-state index contributed by atoms with van der Waals surface area (Å²) in [4.78, 5) is 24.6. The van der Waals surface area contributed by atoms with Gasteiger partial charge >= 0.3 is 5.97 Å². The molecule has 28 heavy (non-hydrogen) atoms. The molecule has 2 aromatic rings. The van der Waals surface area contributed by atoms with Crippen LogP contribution in [-0.4, -0.2) is 25.5 Å². The lowest BCUT2D eigenvalue weighted by Crippen LogP contribution is -2.10. The van der Waals surface area contributed by atoms with Crippen molar-refractivity contribution >= 4 is 29.2 Å². The Hall–Kier alpha value is -2.40. The SMILES string of the molecule is CCCCCCC=Cc1ccc(OCC(=O)c2ccc(C(=O)OC)s2)cc1C. The molecule has 0 radical (unpaired) electrons. The van der Waals surface area contributed by atoms with Crippen molar-refractivity contribution in [2.45, 2.75) is 46.0 Å². The number of rotatable bonds is 11. The maximum atomic E-state index is 12.3. The Morgan fingerprint density at radius 1 is 1.07 bits per heavy atom. The maximum Gasteiger partial charge on any atom is 0.348 e. The number of esters is 1. The Bertz CT molecular complexity index is 820. The molecule has 0 aliphatic carbocycles. The van der Waals surface area contributed by atoms with E-state index in [2.05, 4.69) is 23.8 Å². The van der Waals surface area contributed by atoms with Crippen LogP contribution in [0.25, 0.3) is 6.08 Å². The van der Waals surface area contributed by atoms with Crippen LogP contribution < -0.4 is 4.74 Å². The Kier molecular flexibility index (Phi) is 8.95. The van der Waals surface area contributed by atoms with E-state index in [1.807, 2.05) is 25.1 Å². The highest BCUT2D eigenvalue weighted by Crippen LogP contribution is 2.21. The van der Waals surface area contributed by atoms with Gasteiger partial charge in [0.15, 0.2) is 6.61 Å². The third kappa shape index (κ3) is 6.64. The number of carbonyl (C=O) groups is 2. The van der Waals surface area contributed by atoms with Crippen LogP contribution in [0.3, 0.4) is 0 Å². The van der Waals surface area contributed by atoms with Gasteiger partial charge in [0.2, 0.25) is 5.78 Å². The van der Waals surface area contributed by atoms with E-state index < -0.39 is 5.97 Å². The Labute approximate surface area is 171 Å². The largest absolute Gasteiger partial charge is 0.485 e. The molecular formula is C23H28O4S. The van der Waals surface area contributed by atoms with Gasteiger partial charge in [0.25, 0.3) is 0 Å². The molecule has 5 heteroatoms. The van der Waals surface area contributed by atoms with E-state index in [0.29, 0.717) is 15.5 Å². The lowest BCUT2D eigenvalue weighted by molar-refractivity contribution is 0.0606. The first kappa shape index (κ1) is 21.9. The van der Waals surface area contributed by atoms with Crippen molar-refractivity contribution in [1.29, 1.82) is 0 Å². The monoisotopic (exact) mass is 400 g/mol. The molecule has 0 amide bonds. The fourth-order valence-corrected chi connectivity index (χ4v) is 3.59. The van der Waals surface area contributed by atoms with Crippen molar-refractivity contribution in [3.05, 3.63) is 57.3 Å². The highest BCUT2D eigenvalue weighted by molar-refractivity contribution is 7.15. The summed E-state index contributed by atoms with van der Waals surface area (Å²) in [5.41, 5.74) is 2.27. The van der Waals surface area contributed by atoms with E-state index in [1.54, 1.807) is 12.1 Å². The second-order valence-corrected chi connectivity index (χ2v) is 7.72. The van der Waals surface area contributed by atoms with Crippen molar-refractivity contribution in [3.63, 3.8) is 0 Å². The van der Waals surface area contributed by atoms with Gasteiger partial charge in [-0.3, -0.25) is 4.79 Å². The normalized spacial score (nSPS) is 11.0. The Morgan fingerprint density at radius 3 is 2.57 bits per heavy atom. The number of aryl methyl sites for hydroxylation is 1. The van der Waals surface area contributed by atoms with Gasteiger partial charge in [-0.1, -0.05) is 44.4 Å². The number of thiophene rings is 1. The Balaban J connectivity index is 1.86. The van der Waals surface area contributed by atoms with Crippen LogP contribution in [0.4, 0.5) is 0 Å². The second-order valence-electron chi connectivity index (χ2n) is 6.64. The zero-order valence-corrected chi connectivity index (χ0v) is 17.6. The number of carbonyl (C=O) groups excluding carboxylic acids is 2. The molecule has 0 saturated heterocycles. The van der Waals surface area contributed by atoms with Crippen LogP contribution in [0.1, 0.15) is 69.5 Å². The average Bonchev–Trinajstić information content (AvgIpc) is 3.19. The molecular weight excluding hydrogens is 372 g/mol. The van der Waals surface area contributed by atoms with E-state index in [1.165, 1.54) is 32.8 Å². The van der Waals surface area contributed by atoms with Crippen LogP contribution in [-0.2, 0) is 4.74 Å². The standard InChI is InChI=1S/C23H28O4S/c1-4-5-6-7-8-9-10-18-11-12-19(15-17(18)2)27-16-20(24)21-13-14-22(28-21)23(25)26-3/h9-15H,4-8,16H2,1-3H3. The molecule has 1 aromatic heterocycles. The third-order valence-electron chi connectivity index (χ3n) is 4.40. The molecule has 0 aliphatic rings. The van der Waals surface area contributed by atoms with Crippen LogP contribution in [0, 0.1) is 6.92 Å². The predicted octanol–water partition coefficient (Wildman–Crippen LogP) is 6.09. The van der Waals surface area contributed by atoms with E-state index in [0.717, 1.165) is 28.9 Å². The minimum atomic E-state index is -0.436. The van der Waals surface area contributed by atoms with Crippen LogP contribution in [0.15, 0.2) is 36.4 Å². The van der Waals surface area contributed by atoms with Crippen molar-refractivity contribution in [3.8, 4) is 5.75 Å². The van der Waals surface area contributed by atoms with E-state index in [-0.39, 0.29) is 12.4 Å². The summed E-state index contributed by atoms with van der Waals surface area (Å²) in [5, 5.41) is 0. The van der Waals surface area contributed by atoms with Gasteiger partial charge < -0.3 is 9.47 Å². The van der Waals surface area contributed by atoms with Crippen molar-refractivity contribution < 1.29 is 19.1 Å². The maximum absolute atomic E-state index is 12.3. The first-order valence-corrected chi connectivity index (χ1v) is 10.5. The fourth-order valence-electron chi connectivity index (χ4n) is 2.74. The van der Waals surface area contributed by atoms with Gasteiger partial charge in [0.1, 0.15) is 10.6 Å².